The van der Waals surface area contributed by atoms with Crippen LogP contribution in [0.25, 0.3) is 0 Å². The Hall–Kier alpha value is -2.59. The van der Waals surface area contributed by atoms with E-state index in [0.717, 1.165) is 27.8 Å². The van der Waals surface area contributed by atoms with Gasteiger partial charge in [0.05, 0.1) is 27.4 Å². The van der Waals surface area contributed by atoms with Gasteiger partial charge in [0.25, 0.3) is 0 Å². The normalized spacial score (nSPS) is 25.5. The third-order valence-corrected chi connectivity index (χ3v) is 7.29. The van der Waals surface area contributed by atoms with Crippen LogP contribution in [0.4, 0.5) is 0 Å². The molecule has 0 saturated carbocycles. The molecule has 4 rings (SSSR count). The topological polar surface area (TPSA) is 78.8 Å². The molecule has 0 bridgehead atoms. The molecule has 0 radical (unpaired) electrons. The molecule has 0 aromatic heterocycles. The minimum Gasteiger partial charge on any atom is -0.497 e. The lowest BCUT2D eigenvalue weighted by Gasteiger charge is -2.41. The van der Waals surface area contributed by atoms with Crippen molar-refractivity contribution in [3.8, 4) is 11.5 Å². The van der Waals surface area contributed by atoms with Crippen molar-refractivity contribution in [2.24, 2.45) is 4.99 Å². The molecule has 188 valence electrons. The maximum Gasteiger partial charge on any atom is 0.161 e. The van der Waals surface area contributed by atoms with Crippen LogP contribution < -0.4 is 9.47 Å². The molecule has 2 aliphatic rings. The van der Waals surface area contributed by atoms with E-state index in [4.69, 9.17) is 28.7 Å². The van der Waals surface area contributed by atoms with Gasteiger partial charge in [0, 0.05) is 14.1 Å². The van der Waals surface area contributed by atoms with Crippen LogP contribution in [0, 0.1) is 0 Å². The van der Waals surface area contributed by atoms with Crippen LogP contribution in [0.15, 0.2) is 53.5 Å². The summed E-state index contributed by atoms with van der Waals surface area (Å²) < 4.78 is 29.5. The molecular formula is C26H32N2O6S. The molecule has 2 heterocycles. The highest BCUT2D eigenvalue weighted by Crippen LogP contribution is 2.40. The van der Waals surface area contributed by atoms with Gasteiger partial charge in [-0.25, -0.2) is 0 Å². The summed E-state index contributed by atoms with van der Waals surface area (Å²) >= 11 is 1.51. The second kappa shape index (κ2) is 11.4. The summed E-state index contributed by atoms with van der Waals surface area (Å²) in [5, 5.41) is 0.844. The van der Waals surface area contributed by atoms with Crippen molar-refractivity contribution in [3.05, 3.63) is 59.7 Å². The number of aliphatic imine (C=N–C) groups is 1. The summed E-state index contributed by atoms with van der Waals surface area (Å²) in [6.07, 6.45) is -1.83. The number of fused-ring (bicyclic) bond motifs is 1. The molecule has 1 saturated heterocycles. The van der Waals surface area contributed by atoms with Crippen molar-refractivity contribution < 1.29 is 28.5 Å². The van der Waals surface area contributed by atoms with E-state index in [2.05, 4.69) is 0 Å². The van der Waals surface area contributed by atoms with E-state index in [9.17, 15) is 4.79 Å². The Morgan fingerprint density at radius 2 is 1.43 bits per heavy atom. The predicted molar refractivity (Wildman–Crippen MR) is 135 cm³/mol. The molecule has 8 nitrogen and oxygen atoms in total. The highest BCUT2D eigenvalue weighted by Gasteiger charge is 2.52. The lowest BCUT2D eigenvalue weighted by Crippen LogP contribution is -2.58. The van der Waals surface area contributed by atoms with E-state index < -0.39 is 18.3 Å². The first-order valence-electron chi connectivity index (χ1n) is 11.5. The van der Waals surface area contributed by atoms with Crippen LogP contribution in [0.3, 0.4) is 0 Å². The lowest BCUT2D eigenvalue weighted by atomic mass is 9.95. The summed E-state index contributed by atoms with van der Waals surface area (Å²) in [6, 6.07) is 15.1. The molecule has 1 unspecified atom stereocenters. The fraction of sp³-hybridized carbons (Fsp3) is 0.462. The van der Waals surface area contributed by atoms with Gasteiger partial charge in [-0.2, -0.15) is 0 Å². The van der Waals surface area contributed by atoms with Crippen molar-refractivity contribution in [1.82, 2.24) is 4.90 Å². The molecular weight excluding hydrogens is 468 g/mol. The molecule has 2 aliphatic heterocycles. The third-order valence-electron chi connectivity index (χ3n) is 5.99. The zero-order chi connectivity index (χ0) is 24.9. The lowest BCUT2D eigenvalue weighted by molar-refractivity contribution is -0.198. The van der Waals surface area contributed by atoms with Gasteiger partial charge < -0.3 is 28.6 Å². The summed E-state index contributed by atoms with van der Waals surface area (Å²) in [4.78, 5) is 19.5. The molecule has 0 amide bonds. The molecule has 35 heavy (non-hydrogen) atoms. The van der Waals surface area contributed by atoms with Gasteiger partial charge in [-0.3, -0.25) is 9.79 Å². The van der Waals surface area contributed by atoms with Crippen LogP contribution >= 0.6 is 11.8 Å². The average Bonchev–Trinajstić information content (AvgIpc) is 3.31. The zero-order valence-electron chi connectivity index (χ0n) is 20.7. The van der Waals surface area contributed by atoms with Crippen LogP contribution in [0.1, 0.15) is 18.1 Å². The fourth-order valence-corrected chi connectivity index (χ4v) is 5.20. The molecule has 0 N–H and O–H groups in total. The first-order chi connectivity index (χ1) is 16.9. The van der Waals surface area contributed by atoms with Crippen LogP contribution in [-0.4, -0.2) is 74.0 Å². The fourth-order valence-electron chi connectivity index (χ4n) is 4.07. The van der Waals surface area contributed by atoms with Crippen LogP contribution in [-0.2, 0) is 32.2 Å². The highest BCUT2D eigenvalue weighted by atomic mass is 32.2. The monoisotopic (exact) mass is 500 g/mol. The molecule has 0 aliphatic carbocycles. The molecule has 5 atom stereocenters. The number of amidine groups is 1. The number of Topliss-reactive ketones (excluding diaryl/α,β-unsaturated/α-hetero) is 1. The third kappa shape index (κ3) is 5.98. The largest absolute Gasteiger partial charge is 0.497 e. The summed E-state index contributed by atoms with van der Waals surface area (Å²) in [5.74, 6) is 1.46. The SMILES string of the molecule is COc1ccc(CO[C@@H]2[C@H](OCc3ccc(OC)cc3)[C@H]3N=C(N(C)C)SC3O[C@@H]2C(C)=O)cc1. The van der Waals surface area contributed by atoms with E-state index in [1.165, 1.54) is 18.7 Å². The standard InChI is InChI=1S/C26H32N2O6S/c1-16(29)22-24(33-15-18-8-12-20(31-5)13-9-18)23(21-25(34-22)35-26(27-21)28(2)3)32-14-17-6-10-19(30-4)11-7-17/h6-13,21-25H,14-15H2,1-5H3/t21-,22-,23-,24+,25?/m1/s1. The molecule has 9 heteroatoms. The number of ketones is 1. The number of hydrogen-bond donors (Lipinski definition) is 0. The molecule has 2 aromatic rings. The minimum absolute atomic E-state index is 0.0971. The van der Waals surface area contributed by atoms with Crippen molar-refractivity contribution in [3.63, 3.8) is 0 Å². The van der Waals surface area contributed by atoms with Crippen molar-refractivity contribution >= 4 is 22.7 Å². The van der Waals surface area contributed by atoms with E-state index >= 15 is 0 Å². The number of hydrogen-bond acceptors (Lipinski definition) is 9. The Morgan fingerprint density at radius 1 is 0.914 bits per heavy atom. The Bertz CT molecular complexity index is 1030. The van der Waals surface area contributed by atoms with Crippen molar-refractivity contribution in [1.29, 1.82) is 0 Å². The van der Waals surface area contributed by atoms with Gasteiger partial charge in [-0.15, -0.1) is 0 Å². The number of nitrogens with zero attached hydrogens (tertiary/aromatic N) is 2. The molecule has 0 spiro atoms. The second-order valence-corrected chi connectivity index (χ2v) is 9.76. The van der Waals surface area contributed by atoms with E-state index in [0.29, 0.717) is 13.2 Å². The predicted octanol–water partition coefficient (Wildman–Crippen LogP) is 3.52. The van der Waals surface area contributed by atoms with Gasteiger partial charge in [0.1, 0.15) is 41.3 Å². The first-order valence-corrected chi connectivity index (χ1v) is 12.3. The van der Waals surface area contributed by atoms with Crippen LogP contribution in [0.2, 0.25) is 0 Å². The maximum atomic E-state index is 12.7. The Morgan fingerprint density at radius 3 is 1.89 bits per heavy atom. The smallest absolute Gasteiger partial charge is 0.161 e. The number of rotatable bonds is 9. The summed E-state index contributed by atoms with van der Waals surface area (Å²) in [6.45, 7) is 2.18. The first kappa shape index (κ1) is 25.5. The van der Waals surface area contributed by atoms with Crippen LogP contribution in [0.5, 0.6) is 11.5 Å². The van der Waals surface area contributed by atoms with E-state index in [-0.39, 0.29) is 17.3 Å². The quantitative estimate of drug-likeness (QED) is 0.518. The Labute approximate surface area is 210 Å². The Balaban J connectivity index is 1.57. The second-order valence-electron chi connectivity index (χ2n) is 8.70. The van der Waals surface area contributed by atoms with Crippen molar-refractivity contribution in [2.75, 3.05) is 28.3 Å². The van der Waals surface area contributed by atoms with Gasteiger partial charge >= 0.3 is 0 Å². The molecule has 1 fully saturated rings. The maximum absolute atomic E-state index is 12.7. The summed E-state index contributed by atoms with van der Waals surface area (Å²) in [5.41, 5.74) is 1.63. The Kier molecular flexibility index (Phi) is 8.33. The number of methoxy groups -OCH3 is 2. The van der Waals surface area contributed by atoms with Gasteiger partial charge in [-0.1, -0.05) is 36.0 Å². The van der Waals surface area contributed by atoms with E-state index in [1.807, 2.05) is 67.5 Å². The minimum atomic E-state index is -0.750. The van der Waals surface area contributed by atoms with Crippen molar-refractivity contribution in [2.45, 2.75) is 49.9 Å². The van der Waals surface area contributed by atoms with Gasteiger partial charge in [0.15, 0.2) is 11.0 Å². The number of thioether (sulfide) groups is 1. The number of carbonyl (C=O) groups excluding carboxylic acids is 1. The number of benzene rings is 2. The summed E-state index contributed by atoms with van der Waals surface area (Å²) in [7, 11) is 7.15. The average molecular weight is 501 g/mol. The number of ether oxygens (including phenoxy) is 5. The van der Waals surface area contributed by atoms with E-state index in [1.54, 1.807) is 14.2 Å². The van der Waals surface area contributed by atoms with Gasteiger partial charge in [-0.05, 0) is 42.3 Å². The highest BCUT2D eigenvalue weighted by molar-refractivity contribution is 8.14. The van der Waals surface area contributed by atoms with Gasteiger partial charge in [0.2, 0.25) is 0 Å². The number of carbonyl (C=O) groups is 1. The molecule has 2 aromatic carbocycles. The zero-order valence-corrected chi connectivity index (χ0v) is 21.5.